The average Bonchev–Trinajstić information content (AvgIpc) is 3.07. The molecule has 0 aromatic heterocycles. The van der Waals surface area contributed by atoms with E-state index >= 15 is 0 Å². The van der Waals surface area contributed by atoms with Crippen LogP contribution in [0.1, 0.15) is 25.3 Å². The van der Waals surface area contributed by atoms with Crippen molar-refractivity contribution in [2.24, 2.45) is 4.99 Å². The van der Waals surface area contributed by atoms with E-state index in [0.717, 1.165) is 37.6 Å². The van der Waals surface area contributed by atoms with Crippen LogP contribution in [0.2, 0.25) is 0 Å². The summed E-state index contributed by atoms with van der Waals surface area (Å²) >= 11 is 2.02. The SMILES string of the molecule is CCNC(=NCC1CCCS1)NCCc1ccc(OC)cc1O. The second kappa shape index (κ2) is 9.55. The standard InChI is InChI=1S/C17H27N3O2S/c1-3-18-17(20-12-15-5-4-10-23-15)19-9-8-13-6-7-14(22-2)11-16(13)21/h6-7,11,15,21H,3-5,8-10,12H2,1-2H3,(H2,18,19,20). The second-order valence-corrected chi connectivity index (χ2v) is 6.93. The predicted molar refractivity (Wildman–Crippen MR) is 97.8 cm³/mol. The lowest BCUT2D eigenvalue weighted by atomic mass is 10.1. The molecular formula is C17H27N3O2S. The Morgan fingerprint density at radius 3 is 2.96 bits per heavy atom. The minimum Gasteiger partial charge on any atom is -0.508 e. The first-order valence-corrected chi connectivity index (χ1v) is 9.27. The molecule has 5 nitrogen and oxygen atoms in total. The Balaban J connectivity index is 1.82. The van der Waals surface area contributed by atoms with Crippen LogP contribution in [0.4, 0.5) is 0 Å². The van der Waals surface area contributed by atoms with E-state index in [1.54, 1.807) is 13.2 Å². The molecule has 6 heteroatoms. The molecule has 1 saturated heterocycles. The Morgan fingerprint density at radius 1 is 1.43 bits per heavy atom. The molecule has 0 bridgehead atoms. The van der Waals surface area contributed by atoms with Crippen LogP contribution < -0.4 is 15.4 Å². The fourth-order valence-electron chi connectivity index (χ4n) is 2.52. The van der Waals surface area contributed by atoms with Crippen LogP contribution in [0.15, 0.2) is 23.2 Å². The molecule has 0 amide bonds. The molecule has 0 saturated carbocycles. The first-order valence-electron chi connectivity index (χ1n) is 8.22. The second-order valence-electron chi connectivity index (χ2n) is 5.53. The number of benzene rings is 1. The fourth-order valence-corrected chi connectivity index (χ4v) is 3.70. The van der Waals surface area contributed by atoms with Crippen molar-refractivity contribution < 1.29 is 9.84 Å². The number of phenols is 1. The van der Waals surface area contributed by atoms with E-state index in [0.29, 0.717) is 11.0 Å². The summed E-state index contributed by atoms with van der Waals surface area (Å²) in [4.78, 5) is 4.67. The molecule has 0 aliphatic carbocycles. The smallest absolute Gasteiger partial charge is 0.191 e. The highest BCUT2D eigenvalue weighted by molar-refractivity contribution is 8.00. The zero-order chi connectivity index (χ0) is 16.5. The van der Waals surface area contributed by atoms with Crippen molar-refractivity contribution in [1.82, 2.24) is 10.6 Å². The van der Waals surface area contributed by atoms with Crippen molar-refractivity contribution in [2.45, 2.75) is 31.4 Å². The first kappa shape index (κ1) is 17.8. The molecule has 1 aromatic rings. The molecule has 0 radical (unpaired) electrons. The van der Waals surface area contributed by atoms with Crippen LogP contribution in [-0.4, -0.2) is 48.8 Å². The Hall–Kier alpha value is -1.56. The first-order chi connectivity index (χ1) is 11.2. The number of rotatable bonds is 7. The number of hydrogen-bond acceptors (Lipinski definition) is 4. The van der Waals surface area contributed by atoms with Crippen LogP contribution in [-0.2, 0) is 6.42 Å². The maximum Gasteiger partial charge on any atom is 0.191 e. The maximum absolute atomic E-state index is 9.98. The summed E-state index contributed by atoms with van der Waals surface area (Å²) in [6.07, 6.45) is 3.32. The number of ether oxygens (including phenoxy) is 1. The number of thioether (sulfide) groups is 1. The van der Waals surface area contributed by atoms with Gasteiger partial charge >= 0.3 is 0 Å². The Bertz CT molecular complexity index is 517. The quantitative estimate of drug-likeness (QED) is 0.527. The van der Waals surface area contributed by atoms with Gasteiger partial charge in [-0.15, -0.1) is 0 Å². The van der Waals surface area contributed by atoms with Gasteiger partial charge in [0.2, 0.25) is 0 Å². The minimum absolute atomic E-state index is 0.274. The number of nitrogens with zero attached hydrogens (tertiary/aromatic N) is 1. The highest BCUT2D eigenvalue weighted by Gasteiger charge is 2.15. The van der Waals surface area contributed by atoms with Crippen molar-refractivity contribution in [3.63, 3.8) is 0 Å². The van der Waals surface area contributed by atoms with Crippen LogP contribution in [0.5, 0.6) is 11.5 Å². The van der Waals surface area contributed by atoms with Gasteiger partial charge in [-0.3, -0.25) is 4.99 Å². The van der Waals surface area contributed by atoms with E-state index in [-0.39, 0.29) is 5.75 Å². The van der Waals surface area contributed by atoms with Gasteiger partial charge < -0.3 is 20.5 Å². The molecule has 2 rings (SSSR count). The van der Waals surface area contributed by atoms with Gasteiger partial charge in [-0.1, -0.05) is 6.07 Å². The molecule has 23 heavy (non-hydrogen) atoms. The summed E-state index contributed by atoms with van der Waals surface area (Å²) in [5.74, 6) is 3.06. The summed E-state index contributed by atoms with van der Waals surface area (Å²) in [6.45, 7) is 4.51. The third kappa shape index (κ3) is 5.86. The number of aliphatic imine (C=N–C) groups is 1. The normalized spacial score (nSPS) is 18.0. The van der Waals surface area contributed by atoms with Crippen LogP contribution >= 0.6 is 11.8 Å². The van der Waals surface area contributed by atoms with Gasteiger partial charge in [-0.2, -0.15) is 11.8 Å². The predicted octanol–water partition coefficient (Wildman–Crippen LogP) is 2.39. The lowest BCUT2D eigenvalue weighted by Crippen LogP contribution is -2.38. The summed E-state index contributed by atoms with van der Waals surface area (Å²) < 4.78 is 5.10. The van der Waals surface area contributed by atoms with Gasteiger partial charge in [-0.25, -0.2) is 0 Å². The number of aromatic hydroxyl groups is 1. The highest BCUT2D eigenvalue weighted by atomic mass is 32.2. The van der Waals surface area contributed by atoms with Crippen molar-refractivity contribution >= 4 is 17.7 Å². The highest BCUT2D eigenvalue weighted by Crippen LogP contribution is 2.26. The van der Waals surface area contributed by atoms with Crippen molar-refractivity contribution in [3.05, 3.63) is 23.8 Å². The van der Waals surface area contributed by atoms with Crippen molar-refractivity contribution in [2.75, 3.05) is 32.5 Å². The van der Waals surface area contributed by atoms with E-state index in [2.05, 4.69) is 22.5 Å². The molecule has 1 unspecified atom stereocenters. The molecule has 1 aliphatic heterocycles. The van der Waals surface area contributed by atoms with E-state index in [4.69, 9.17) is 4.74 Å². The third-order valence-corrected chi connectivity index (χ3v) is 5.18. The van der Waals surface area contributed by atoms with Gasteiger partial charge in [0.05, 0.1) is 13.7 Å². The summed E-state index contributed by atoms with van der Waals surface area (Å²) in [6, 6.07) is 5.41. The molecule has 0 spiro atoms. The summed E-state index contributed by atoms with van der Waals surface area (Å²) in [5, 5.41) is 17.3. The number of guanidine groups is 1. The van der Waals surface area contributed by atoms with Gasteiger partial charge in [0.15, 0.2) is 5.96 Å². The Kier molecular flexibility index (Phi) is 7.39. The van der Waals surface area contributed by atoms with E-state index in [9.17, 15) is 5.11 Å². The number of methoxy groups -OCH3 is 1. The van der Waals surface area contributed by atoms with Crippen LogP contribution in [0.25, 0.3) is 0 Å². The summed E-state index contributed by atoms with van der Waals surface area (Å²) in [5.41, 5.74) is 0.903. The van der Waals surface area contributed by atoms with Gasteiger partial charge in [0, 0.05) is 24.4 Å². The van der Waals surface area contributed by atoms with Crippen LogP contribution in [0, 0.1) is 0 Å². The molecule has 1 aromatic carbocycles. The Morgan fingerprint density at radius 2 is 2.30 bits per heavy atom. The number of nitrogens with one attached hydrogen (secondary N) is 2. The monoisotopic (exact) mass is 337 g/mol. The van der Waals surface area contributed by atoms with E-state index in [1.807, 2.05) is 23.9 Å². The molecule has 1 atom stereocenters. The van der Waals surface area contributed by atoms with Gasteiger partial charge in [0.1, 0.15) is 11.5 Å². The topological polar surface area (TPSA) is 65.9 Å². The lowest BCUT2D eigenvalue weighted by molar-refractivity contribution is 0.406. The Labute approximate surface area is 142 Å². The molecule has 1 aliphatic rings. The zero-order valence-electron chi connectivity index (χ0n) is 14.0. The molecule has 1 heterocycles. The van der Waals surface area contributed by atoms with Crippen molar-refractivity contribution in [1.29, 1.82) is 0 Å². The lowest BCUT2D eigenvalue weighted by Gasteiger charge is -2.13. The maximum atomic E-state index is 9.98. The molecule has 3 N–H and O–H groups in total. The number of hydrogen-bond donors (Lipinski definition) is 3. The summed E-state index contributed by atoms with van der Waals surface area (Å²) in [7, 11) is 1.60. The third-order valence-electron chi connectivity index (χ3n) is 3.80. The van der Waals surface area contributed by atoms with E-state index < -0.39 is 0 Å². The molecular weight excluding hydrogens is 310 g/mol. The van der Waals surface area contributed by atoms with Gasteiger partial charge in [-0.05, 0) is 43.6 Å². The number of phenolic OH excluding ortho intramolecular Hbond substituents is 1. The average molecular weight is 337 g/mol. The van der Waals surface area contributed by atoms with E-state index in [1.165, 1.54) is 18.6 Å². The molecule has 128 valence electrons. The van der Waals surface area contributed by atoms with Crippen molar-refractivity contribution in [3.8, 4) is 11.5 Å². The van der Waals surface area contributed by atoms with Crippen LogP contribution in [0.3, 0.4) is 0 Å². The largest absolute Gasteiger partial charge is 0.508 e. The molecule has 1 fully saturated rings. The fraction of sp³-hybridized carbons (Fsp3) is 0.588. The minimum atomic E-state index is 0.274. The zero-order valence-corrected chi connectivity index (χ0v) is 14.8. The van der Waals surface area contributed by atoms with Gasteiger partial charge in [0.25, 0.3) is 0 Å².